The van der Waals surface area contributed by atoms with Gasteiger partial charge in [-0.2, -0.15) is 0 Å². The van der Waals surface area contributed by atoms with E-state index in [2.05, 4.69) is 15.9 Å². The van der Waals surface area contributed by atoms with Crippen molar-refractivity contribution in [2.75, 3.05) is 0 Å². The number of aliphatic carboxylic acids is 1. The molecule has 0 spiro atoms. The van der Waals surface area contributed by atoms with Crippen LogP contribution in [0.25, 0.3) is 0 Å². The highest BCUT2D eigenvalue weighted by molar-refractivity contribution is 9.10. The van der Waals surface area contributed by atoms with Crippen molar-refractivity contribution in [2.24, 2.45) is 5.92 Å². The summed E-state index contributed by atoms with van der Waals surface area (Å²) in [6.45, 7) is 3.84. The summed E-state index contributed by atoms with van der Waals surface area (Å²) in [4.78, 5) is 11.2. The van der Waals surface area contributed by atoms with E-state index in [1.165, 1.54) is 0 Å². The molecule has 2 unspecified atom stereocenters. The third kappa shape index (κ3) is 5.63. The van der Waals surface area contributed by atoms with Gasteiger partial charge in [0.15, 0.2) is 0 Å². The molecule has 0 saturated carbocycles. The van der Waals surface area contributed by atoms with Crippen LogP contribution in [-0.4, -0.2) is 20.5 Å². The van der Waals surface area contributed by atoms with Crippen LogP contribution < -0.4 is 0 Å². The van der Waals surface area contributed by atoms with Crippen LogP contribution in [0.2, 0.25) is 5.02 Å². The molecular formula is C13H16BrClO3S. The van der Waals surface area contributed by atoms with Gasteiger partial charge in [-0.3, -0.25) is 9.00 Å². The highest BCUT2D eigenvalue weighted by atomic mass is 79.9. The molecule has 0 saturated heterocycles. The Labute approximate surface area is 128 Å². The normalized spacial score (nSPS) is 14.4. The average molecular weight is 368 g/mol. The minimum Gasteiger partial charge on any atom is -0.480 e. The molecule has 1 rings (SSSR count). The van der Waals surface area contributed by atoms with Gasteiger partial charge in [-0.1, -0.05) is 41.4 Å². The fourth-order valence-electron chi connectivity index (χ4n) is 1.71. The molecule has 0 aliphatic rings. The number of hydrogen-bond acceptors (Lipinski definition) is 2. The van der Waals surface area contributed by atoms with Crippen molar-refractivity contribution >= 4 is 44.3 Å². The fraction of sp³-hybridized carbons (Fsp3) is 0.462. The molecule has 3 nitrogen and oxygen atoms in total. The number of carbonyl (C=O) groups is 1. The van der Waals surface area contributed by atoms with E-state index >= 15 is 0 Å². The SMILES string of the molecule is CC(C)CC(C(=O)O)S(=O)Cc1cc(Cl)cc(Br)c1. The molecule has 0 aliphatic heterocycles. The summed E-state index contributed by atoms with van der Waals surface area (Å²) in [6.07, 6.45) is 0.406. The summed E-state index contributed by atoms with van der Waals surface area (Å²) in [6, 6.07) is 5.24. The summed E-state index contributed by atoms with van der Waals surface area (Å²) in [7, 11) is -1.46. The van der Waals surface area contributed by atoms with Crippen LogP contribution in [0.15, 0.2) is 22.7 Å². The zero-order chi connectivity index (χ0) is 14.6. The van der Waals surface area contributed by atoms with Gasteiger partial charge >= 0.3 is 5.97 Å². The van der Waals surface area contributed by atoms with E-state index in [-0.39, 0.29) is 11.7 Å². The number of carboxylic acid groups (broad SMARTS) is 1. The minimum atomic E-state index is -1.46. The Kier molecular flexibility index (Phi) is 6.50. The highest BCUT2D eigenvalue weighted by Crippen LogP contribution is 2.22. The third-order valence-electron chi connectivity index (χ3n) is 2.51. The van der Waals surface area contributed by atoms with Crippen molar-refractivity contribution in [1.82, 2.24) is 0 Å². The van der Waals surface area contributed by atoms with Gasteiger partial charge < -0.3 is 5.11 Å². The van der Waals surface area contributed by atoms with Gasteiger partial charge in [0.25, 0.3) is 0 Å². The van der Waals surface area contributed by atoms with Gasteiger partial charge in [-0.25, -0.2) is 0 Å². The molecule has 0 heterocycles. The van der Waals surface area contributed by atoms with Crippen LogP contribution in [0.3, 0.4) is 0 Å². The lowest BCUT2D eigenvalue weighted by Crippen LogP contribution is -2.28. The smallest absolute Gasteiger partial charge is 0.319 e. The van der Waals surface area contributed by atoms with Gasteiger partial charge in [0.1, 0.15) is 5.25 Å². The summed E-state index contributed by atoms with van der Waals surface area (Å²) >= 11 is 9.22. The second kappa shape index (κ2) is 7.41. The summed E-state index contributed by atoms with van der Waals surface area (Å²) < 4.78 is 13.0. The van der Waals surface area contributed by atoms with Gasteiger partial charge in [0, 0.05) is 26.0 Å². The van der Waals surface area contributed by atoms with E-state index in [1.54, 1.807) is 18.2 Å². The maximum absolute atomic E-state index is 12.2. The lowest BCUT2D eigenvalue weighted by Gasteiger charge is -2.14. The molecule has 1 N–H and O–H groups in total. The first-order valence-corrected chi connectivity index (χ1v) is 8.40. The molecule has 0 amide bonds. The molecule has 1 aromatic carbocycles. The zero-order valence-electron chi connectivity index (χ0n) is 10.7. The van der Waals surface area contributed by atoms with Crippen LogP contribution in [0.1, 0.15) is 25.8 Å². The van der Waals surface area contributed by atoms with Crippen molar-refractivity contribution < 1.29 is 14.1 Å². The maximum Gasteiger partial charge on any atom is 0.319 e. The molecule has 1 aromatic rings. The monoisotopic (exact) mass is 366 g/mol. The van der Waals surface area contributed by atoms with Crippen molar-refractivity contribution in [1.29, 1.82) is 0 Å². The molecular weight excluding hydrogens is 352 g/mol. The van der Waals surface area contributed by atoms with Crippen LogP contribution in [0, 0.1) is 5.92 Å². The van der Waals surface area contributed by atoms with Crippen LogP contribution in [-0.2, 0) is 21.3 Å². The Hall–Kier alpha value is -0.390. The Bertz CT molecular complexity index is 471. The van der Waals surface area contributed by atoms with Crippen molar-refractivity contribution in [3.05, 3.63) is 33.3 Å². The Morgan fingerprint density at radius 3 is 2.53 bits per heavy atom. The Balaban J connectivity index is 2.84. The molecule has 106 valence electrons. The number of rotatable bonds is 6. The maximum atomic E-state index is 12.2. The van der Waals surface area contributed by atoms with E-state index in [4.69, 9.17) is 16.7 Å². The van der Waals surface area contributed by atoms with Crippen LogP contribution in [0.5, 0.6) is 0 Å². The van der Waals surface area contributed by atoms with E-state index < -0.39 is 22.0 Å². The third-order valence-corrected chi connectivity index (χ3v) is 4.83. The second-order valence-corrected chi connectivity index (χ2v) is 7.73. The second-order valence-electron chi connectivity index (χ2n) is 4.76. The molecule has 0 radical (unpaired) electrons. The molecule has 2 atom stereocenters. The lowest BCUT2D eigenvalue weighted by atomic mass is 10.1. The topological polar surface area (TPSA) is 54.4 Å². The van der Waals surface area contributed by atoms with Crippen LogP contribution in [0.4, 0.5) is 0 Å². The lowest BCUT2D eigenvalue weighted by molar-refractivity contribution is -0.136. The van der Waals surface area contributed by atoms with Gasteiger partial charge in [-0.05, 0) is 36.1 Å². The van der Waals surface area contributed by atoms with Crippen molar-refractivity contribution in [2.45, 2.75) is 31.3 Å². The molecule has 19 heavy (non-hydrogen) atoms. The van der Waals surface area contributed by atoms with Crippen molar-refractivity contribution in [3.63, 3.8) is 0 Å². The summed E-state index contributed by atoms with van der Waals surface area (Å²) in [5.41, 5.74) is 0.771. The van der Waals surface area contributed by atoms with Gasteiger partial charge in [-0.15, -0.1) is 0 Å². The number of benzene rings is 1. The first-order chi connectivity index (χ1) is 8.79. The largest absolute Gasteiger partial charge is 0.480 e. The molecule has 6 heteroatoms. The summed E-state index contributed by atoms with van der Waals surface area (Å²) in [5.74, 6) is -0.618. The van der Waals surface area contributed by atoms with Gasteiger partial charge in [0.05, 0.1) is 0 Å². The average Bonchev–Trinajstić information content (AvgIpc) is 2.23. The summed E-state index contributed by atoms with van der Waals surface area (Å²) in [5, 5.41) is 8.85. The van der Waals surface area contributed by atoms with Gasteiger partial charge in [0.2, 0.25) is 0 Å². The quantitative estimate of drug-likeness (QED) is 0.831. The predicted molar refractivity (Wildman–Crippen MR) is 81.9 cm³/mol. The number of carboxylic acids is 1. The standard InChI is InChI=1S/C13H16BrClO3S/c1-8(2)3-12(13(16)17)19(18)7-9-4-10(14)6-11(15)5-9/h4-6,8,12H,3,7H2,1-2H3,(H,16,17). The molecule has 0 aromatic heterocycles. The number of halogens is 2. The van der Waals surface area contributed by atoms with E-state index in [0.717, 1.165) is 10.0 Å². The zero-order valence-corrected chi connectivity index (χ0v) is 13.9. The molecule has 0 bridgehead atoms. The first-order valence-electron chi connectivity index (χ1n) is 5.84. The highest BCUT2D eigenvalue weighted by Gasteiger charge is 2.25. The van der Waals surface area contributed by atoms with E-state index in [0.29, 0.717) is 11.4 Å². The van der Waals surface area contributed by atoms with Crippen molar-refractivity contribution in [3.8, 4) is 0 Å². The minimum absolute atomic E-state index is 0.191. The number of hydrogen-bond donors (Lipinski definition) is 1. The fourth-order valence-corrected chi connectivity index (χ4v) is 4.16. The predicted octanol–water partition coefficient (Wildman–Crippen LogP) is 3.85. The molecule has 0 fully saturated rings. The Morgan fingerprint density at radius 1 is 1.42 bits per heavy atom. The van der Waals surface area contributed by atoms with E-state index in [9.17, 15) is 9.00 Å². The molecule has 0 aliphatic carbocycles. The first kappa shape index (κ1) is 16.7. The van der Waals surface area contributed by atoms with E-state index in [1.807, 2.05) is 13.8 Å². The Morgan fingerprint density at radius 2 is 2.05 bits per heavy atom. The van der Waals surface area contributed by atoms with Crippen LogP contribution >= 0.6 is 27.5 Å².